The van der Waals surface area contributed by atoms with Gasteiger partial charge in [0.25, 0.3) is 0 Å². The van der Waals surface area contributed by atoms with Gasteiger partial charge in [-0.25, -0.2) is 4.39 Å². The van der Waals surface area contributed by atoms with Crippen molar-refractivity contribution in [2.24, 2.45) is 0 Å². The van der Waals surface area contributed by atoms with Gasteiger partial charge in [-0.15, -0.1) is 0 Å². The van der Waals surface area contributed by atoms with E-state index in [0.717, 1.165) is 12.0 Å². The van der Waals surface area contributed by atoms with E-state index in [0.29, 0.717) is 17.9 Å². The average Bonchev–Trinajstić information content (AvgIpc) is 2.63. The van der Waals surface area contributed by atoms with Crippen LogP contribution >= 0.6 is 0 Å². The minimum atomic E-state index is -0.540. The molecule has 0 fully saturated rings. The lowest BCUT2D eigenvalue weighted by Crippen LogP contribution is -2.23. The largest absolute Gasteiger partial charge is 0.493 e. The molecular weight excluding hydrogens is 195 g/mol. The summed E-state index contributed by atoms with van der Waals surface area (Å²) in [4.78, 5) is 0. The molecule has 0 amide bonds. The normalized spacial score (nSPS) is 14.9. The van der Waals surface area contributed by atoms with Crippen molar-refractivity contribution in [3.8, 4) is 5.75 Å². The predicted molar refractivity (Wildman–Crippen MR) is 55.7 cm³/mol. The van der Waals surface area contributed by atoms with Gasteiger partial charge in [0.05, 0.1) is 13.2 Å². The van der Waals surface area contributed by atoms with Crippen molar-refractivity contribution in [3.63, 3.8) is 0 Å². The summed E-state index contributed by atoms with van der Waals surface area (Å²) in [6, 6.07) is 3.24. The first-order valence-corrected chi connectivity index (χ1v) is 5.11. The van der Waals surface area contributed by atoms with E-state index in [4.69, 9.17) is 4.74 Å². The van der Waals surface area contributed by atoms with E-state index in [2.05, 4.69) is 0 Å². The van der Waals surface area contributed by atoms with Crippen LogP contribution in [0.4, 0.5) is 4.39 Å². The third-order valence-electron chi connectivity index (χ3n) is 2.90. The Bertz CT molecular complexity index is 385. The van der Waals surface area contributed by atoms with E-state index in [1.807, 2.05) is 19.9 Å². The fourth-order valence-corrected chi connectivity index (χ4v) is 1.80. The van der Waals surface area contributed by atoms with E-state index in [9.17, 15) is 9.50 Å². The van der Waals surface area contributed by atoms with E-state index in [-0.39, 0.29) is 12.4 Å². The number of hydrogen-bond donors (Lipinski definition) is 1. The summed E-state index contributed by atoms with van der Waals surface area (Å²) >= 11 is 0. The van der Waals surface area contributed by atoms with Gasteiger partial charge in [-0.1, -0.05) is 13.8 Å². The molecule has 0 atom stereocenters. The van der Waals surface area contributed by atoms with E-state index < -0.39 is 5.41 Å². The summed E-state index contributed by atoms with van der Waals surface area (Å²) in [6.45, 7) is 4.21. The van der Waals surface area contributed by atoms with E-state index >= 15 is 0 Å². The second-order valence-electron chi connectivity index (χ2n) is 4.58. The molecule has 1 N–H and O–H groups in total. The van der Waals surface area contributed by atoms with Gasteiger partial charge in [-0.2, -0.15) is 0 Å². The van der Waals surface area contributed by atoms with Crippen LogP contribution in [0.3, 0.4) is 0 Å². The van der Waals surface area contributed by atoms with Gasteiger partial charge < -0.3 is 9.84 Å². The lowest BCUT2D eigenvalue weighted by Gasteiger charge is -2.23. The van der Waals surface area contributed by atoms with Crippen LogP contribution < -0.4 is 4.74 Å². The van der Waals surface area contributed by atoms with Crippen LogP contribution in [0.25, 0.3) is 0 Å². The van der Waals surface area contributed by atoms with Crippen LogP contribution in [0.5, 0.6) is 5.75 Å². The quantitative estimate of drug-likeness (QED) is 0.809. The van der Waals surface area contributed by atoms with Gasteiger partial charge in [-0.05, 0) is 17.2 Å². The number of rotatable bonds is 2. The molecule has 1 aliphatic heterocycles. The number of hydrogen-bond acceptors (Lipinski definition) is 2. The van der Waals surface area contributed by atoms with Gasteiger partial charge in [0.15, 0.2) is 0 Å². The highest BCUT2D eigenvalue weighted by atomic mass is 19.1. The minimum absolute atomic E-state index is 0.0659. The van der Waals surface area contributed by atoms with Crippen molar-refractivity contribution in [2.75, 3.05) is 13.2 Å². The highest BCUT2D eigenvalue weighted by Gasteiger charge is 2.26. The van der Waals surface area contributed by atoms with Gasteiger partial charge in [0.1, 0.15) is 11.6 Å². The summed E-state index contributed by atoms with van der Waals surface area (Å²) in [5.41, 5.74) is 1.06. The van der Waals surface area contributed by atoms with Crippen molar-refractivity contribution in [3.05, 3.63) is 29.1 Å². The number of fused-ring (bicyclic) bond motifs is 1. The van der Waals surface area contributed by atoms with Gasteiger partial charge in [0.2, 0.25) is 0 Å². The van der Waals surface area contributed by atoms with Gasteiger partial charge in [0, 0.05) is 17.9 Å². The summed E-state index contributed by atoms with van der Waals surface area (Å²) in [5, 5.41) is 9.22. The Hall–Kier alpha value is -1.09. The first kappa shape index (κ1) is 10.4. The van der Waals surface area contributed by atoms with Gasteiger partial charge in [-0.3, -0.25) is 0 Å². The molecule has 3 heteroatoms. The Kier molecular flexibility index (Phi) is 2.43. The number of halogens is 1. The van der Waals surface area contributed by atoms with Crippen LogP contribution in [-0.4, -0.2) is 18.3 Å². The zero-order valence-electron chi connectivity index (χ0n) is 9.01. The summed E-state index contributed by atoms with van der Waals surface area (Å²) < 4.78 is 19.0. The molecule has 2 rings (SSSR count). The fourth-order valence-electron chi connectivity index (χ4n) is 1.80. The summed E-state index contributed by atoms with van der Waals surface area (Å²) in [7, 11) is 0. The van der Waals surface area contributed by atoms with Crippen molar-refractivity contribution >= 4 is 0 Å². The Morgan fingerprint density at radius 1 is 1.47 bits per heavy atom. The van der Waals surface area contributed by atoms with Crippen LogP contribution in [0.2, 0.25) is 0 Å². The number of ether oxygens (including phenoxy) is 1. The molecule has 2 nitrogen and oxygen atoms in total. The smallest absolute Gasteiger partial charge is 0.130 e. The number of benzene rings is 1. The van der Waals surface area contributed by atoms with Crippen molar-refractivity contribution < 1.29 is 14.2 Å². The van der Waals surface area contributed by atoms with Crippen LogP contribution in [-0.2, 0) is 11.8 Å². The van der Waals surface area contributed by atoms with Crippen molar-refractivity contribution in [1.82, 2.24) is 0 Å². The number of aliphatic hydroxyl groups excluding tert-OH is 1. The SMILES string of the molecule is CC(C)(CO)c1cc2c(cc1F)OCC2. The highest BCUT2D eigenvalue weighted by Crippen LogP contribution is 2.33. The maximum atomic E-state index is 13.7. The van der Waals surface area contributed by atoms with Crippen LogP contribution in [0.1, 0.15) is 25.0 Å². The fraction of sp³-hybridized carbons (Fsp3) is 0.500. The molecule has 0 radical (unpaired) electrons. The molecule has 0 aliphatic carbocycles. The molecule has 0 aromatic heterocycles. The Labute approximate surface area is 88.7 Å². The zero-order chi connectivity index (χ0) is 11.1. The summed E-state index contributed by atoms with van der Waals surface area (Å²) in [5.74, 6) is 0.347. The maximum absolute atomic E-state index is 13.7. The van der Waals surface area contributed by atoms with E-state index in [1.165, 1.54) is 6.07 Å². The predicted octanol–water partition coefficient (Wildman–Crippen LogP) is 2.03. The molecule has 0 saturated heterocycles. The molecular formula is C12H15FO2. The first-order chi connectivity index (χ1) is 7.04. The summed E-state index contributed by atoms with van der Waals surface area (Å²) in [6.07, 6.45) is 0.824. The molecule has 0 spiro atoms. The lowest BCUT2D eigenvalue weighted by molar-refractivity contribution is 0.215. The molecule has 1 heterocycles. The molecule has 82 valence electrons. The van der Waals surface area contributed by atoms with Gasteiger partial charge >= 0.3 is 0 Å². The highest BCUT2D eigenvalue weighted by molar-refractivity contribution is 5.43. The molecule has 0 unspecified atom stereocenters. The Balaban J connectivity index is 2.49. The molecule has 15 heavy (non-hydrogen) atoms. The zero-order valence-corrected chi connectivity index (χ0v) is 9.01. The standard InChI is InChI=1S/C12H15FO2/c1-12(2,7-14)9-5-8-3-4-15-11(8)6-10(9)13/h5-6,14H,3-4,7H2,1-2H3. The molecule has 1 aliphatic rings. The van der Waals surface area contributed by atoms with Crippen molar-refractivity contribution in [1.29, 1.82) is 0 Å². The topological polar surface area (TPSA) is 29.5 Å². The van der Waals surface area contributed by atoms with Crippen LogP contribution in [0.15, 0.2) is 12.1 Å². The van der Waals surface area contributed by atoms with E-state index in [1.54, 1.807) is 0 Å². The lowest BCUT2D eigenvalue weighted by atomic mass is 9.84. The Morgan fingerprint density at radius 3 is 2.87 bits per heavy atom. The second kappa shape index (κ2) is 3.49. The molecule has 0 bridgehead atoms. The minimum Gasteiger partial charge on any atom is -0.493 e. The number of aliphatic hydroxyl groups is 1. The third-order valence-corrected chi connectivity index (χ3v) is 2.90. The monoisotopic (exact) mass is 210 g/mol. The maximum Gasteiger partial charge on any atom is 0.130 e. The Morgan fingerprint density at radius 2 is 2.20 bits per heavy atom. The molecule has 1 aromatic rings. The van der Waals surface area contributed by atoms with Crippen LogP contribution in [0, 0.1) is 5.82 Å². The third kappa shape index (κ3) is 1.72. The average molecular weight is 210 g/mol. The first-order valence-electron chi connectivity index (χ1n) is 5.11. The molecule has 1 aromatic carbocycles. The molecule has 0 saturated carbocycles. The second-order valence-corrected chi connectivity index (χ2v) is 4.58. The van der Waals surface area contributed by atoms with Crippen molar-refractivity contribution in [2.45, 2.75) is 25.7 Å².